The van der Waals surface area contributed by atoms with Gasteiger partial charge in [0, 0.05) is 11.8 Å². The second-order valence-electron chi connectivity index (χ2n) is 9.49. The minimum Gasteiger partial charge on any atom is -0.484 e. The number of aliphatic imine (C=N–C) groups is 2. The fraction of sp³-hybridized carbons (Fsp3) is 0.517. The zero-order valence-corrected chi connectivity index (χ0v) is 20.3. The molecule has 0 spiro atoms. The molecule has 0 heterocycles. The molecule has 2 aromatic rings. The zero-order valence-electron chi connectivity index (χ0n) is 20.3. The van der Waals surface area contributed by atoms with E-state index >= 15 is 0 Å². The molecule has 4 heteroatoms. The molecule has 0 unspecified atom stereocenters. The molecular weight excluding hydrogens is 408 g/mol. The van der Waals surface area contributed by atoms with E-state index in [1.807, 2.05) is 0 Å². The summed E-state index contributed by atoms with van der Waals surface area (Å²) < 4.78 is 11.3. The Morgan fingerprint density at radius 2 is 0.970 bits per heavy atom. The van der Waals surface area contributed by atoms with Crippen molar-refractivity contribution in [2.24, 2.45) is 21.8 Å². The first-order valence-corrected chi connectivity index (χ1v) is 12.7. The lowest BCUT2D eigenvalue weighted by atomic mass is 9.89. The number of rotatable bonds is 6. The van der Waals surface area contributed by atoms with Crippen LogP contribution in [-0.2, 0) is 15.9 Å². The molecule has 0 saturated heterocycles. The SMILES string of the molecule is COC(=Nc1ccc(Cc2ccc(N=C(OC)C3CCCCC3)cc2)cc1)C1CCCCC1. The third-order valence-corrected chi connectivity index (χ3v) is 7.09. The van der Waals surface area contributed by atoms with Gasteiger partial charge < -0.3 is 9.47 Å². The van der Waals surface area contributed by atoms with E-state index in [1.54, 1.807) is 14.2 Å². The van der Waals surface area contributed by atoms with Gasteiger partial charge in [0.25, 0.3) is 0 Å². The van der Waals surface area contributed by atoms with Crippen LogP contribution < -0.4 is 0 Å². The van der Waals surface area contributed by atoms with Gasteiger partial charge in [-0.3, -0.25) is 0 Å². The Balaban J connectivity index is 1.38. The zero-order chi connectivity index (χ0) is 22.9. The summed E-state index contributed by atoms with van der Waals surface area (Å²) in [7, 11) is 3.50. The minimum absolute atomic E-state index is 0.473. The van der Waals surface area contributed by atoms with E-state index < -0.39 is 0 Å². The molecule has 2 aromatic carbocycles. The van der Waals surface area contributed by atoms with Crippen molar-refractivity contribution in [3.05, 3.63) is 59.7 Å². The van der Waals surface area contributed by atoms with Crippen molar-refractivity contribution in [2.45, 2.75) is 70.6 Å². The lowest BCUT2D eigenvalue weighted by Crippen LogP contribution is -2.19. The normalized spacial score (nSPS) is 18.8. The number of methoxy groups -OCH3 is 2. The van der Waals surface area contributed by atoms with Crippen LogP contribution >= 0.6 is 0 Å². The molecular formula is C29H38N2O2. The molecule has 2 saturated carbocycles. The van der Waals surface area contributed by atoms with Crippen molar-refractivity contribution >= 4 is 23.2 Å². The van der Waals surface area contributed by atoms with Gasteiger partial charge in [0.15, 0.2) is 11.8 Å². The monoisotopic (exact) mass is 446 g/mol. The summed E-state index contributed by atoms with van der Waals surface area (Å²) in [6, 6.07) is 17.1. The smallest absolute Gasteiger partial charge is 0.191 e. The Labute approximate surface area is 199 Å². The molecule has 0 radical (unpaired) electrons. The van der Waals surface area contributed by atoms with E-state index in [0.29, 0.717) is 11.8 Å². The van der Waals surface area contributed by atoms with E-state index in [1.165, 1.54) is 75.3 Å². The maximum atomic E-state index is 5.64. The quantitative estimate of drug-likeness (QED) is 0.336. The predicted octanol–water partition coefficient (Wildman–Crippen LogP) is 7.79. The second kappa shape index (κ2) is 12.0. The van der Waals surface area contributed by atoms with Crippen LogP contribution in [0.4, 0.5) is 11.4 Å². The maximum absolute atomic E-state index is 5.64. The lowest BCUT2D eigenvalue weighted by Gasteiger charge is -2.22. The van der Waals surface area contributed by atoms with Gasteiger partial charge >= 0.3 is 0 Å². The molecule has 33 heavy (non-hydrogen) atoms. The third-order valence-electron chi connectivity index (χ3n) is 7.09. The van der Waals surface area contributed by atoms with Crippen LogP contribution in [0.2, 0.25) is 0 Å². The van der Waals surface area contributed by atoms with E-state index in [9.17, 15) is 0 Å². The topological polar surface area (TPSA) is 43.2 Å². The molecule has 0 N–H and O–H groups in total. The number of hydrogen-bond donors (Lipinski definition) is 0. The molecule has 176 valence electrons. The highest BCUT2D eigenvalue weighted by atomic mass is 16.5. The first-order valence-electron chi connectivity index (χ1n) is 12.7. The Morgan fingerprint density at radius 3 is 1.30 bits per heavy atom. The summed E-state index contributed by atoms with van der Waals surface area (Å²) in [5.74, 6) is 2.73. The number of hydrogen-bond acceptors (Lipinski definition) is 4. The van der Waals surface area contributed by atoms with Crippen LogP contribution in [0.1, 0.15) is 75.3 Å². The fourth-order valence-electron chi connectivity index (χ4n) is 5.17. The average Bonchev–Trinajstić information content (AvgIpc) is 2.89. The summed E-state index contributed by atoms with van der Waals surface area (Å²) >= 11 is 0. The van der Waals surface area contributed by atoms with Crippen molar-refractivity contribution in [3.63, 3.8) is 0 Å². The van der Waals surface area contributed by atoms with Gasteiger partial charge in [-0.05, 0) is 67.5 Å². The van der Waals surface area contributed by atoms with Crippen LogP contribution in [0, 0.1) is 11.8 Å². The standard InChI is InChI=1S/C29H38N2O2/c1-32-28(24-9-5-3-6-10-24)30-26-17-13-22(14-18-26)21-23-15-19-27(20-16-23)31-29(33-2)25-11-7-4-8-12-25/h13-20,24-25H,3-12,21H2,1-2H3. The Morgan fingerprint density at radius 1 is 0.606 bits per heavy atom. The lowest BCUT2D eigenvalue weighted by molar-refractivity contribution is 0.327. The van der Waals surface area contributed by atoms with Crippen LogP contribution in [0.15, 0.2) is 58.5 Å². The minimum atomic E-state index is 0.473. The molecule has 0 amide bonds. The van der Waals surface area contributed by atoms with Gasteiger partial charge in [-0.2, -0.15) is 0 Å². The van der Waals surface area contributed by atoms with Gasteiger partial charge in [-0.1, -0.05) is 62.8 Å². The first kappa shape index (κ1) is 23.5. The largest absolute Gasteiger partial charge is 0.484 e. The van der Waals surface area contributed by atoms with Crippen LogP contribution in [0.5, 0.6) is 0 Å². The molecule has 0 atom stereocenters. The molecule has 0 aliphatic heterocycles. The number of ether oxygens (including phenoxy) is 2. The molecule has 2 aliphatic rings. The van der Waals surface area contributed by atoms with Crippen LogP contribution in [0.25, 0.3) is 0 Å². The average molecular weight is 447 g/mol. The van der Waals surface area contributed by atoms with Crippen molar-refractivity contribution in [1.29, 1.82) is 0 Å². The maximum Gasteiger partial charge on any atom is 0.191 e. The highest BCUT2D eigenvalue weighted by Crippen LogP contribution is 2.28. The molecule has 0 bridgehead atoms. The van der Waals surface area contributed by atoms with Gasteiger partial charge in [0.2, 0.25) is 0 Å². The Hall–Kier alpha value is -2.62. The summed E-state index contributed by atoms with van der Waals surface area (Å²) in [5.41, 5.74) is 4.50. The summed E-state index contributed by atoms with van der Waals surface area (Å²) in [6.45, 7) is 0. The van der Waals surface area contributed by atoms with Crippen molar-refractivity contribution in [1.82, 2.24) is 0 Å². The van der Waals surface area contributed by atoms with Gasteiger partial charge in [0.1, 0.15) is 0 Å². The van der Waals surface area contributed by atoms with Crippen molar-refractivity contribution in [3.8, 4) is 0 Å². The van der Waals surface area contributed by atoms with Crippen molar-refractivity contribution < 1.29 is 9.47 Å². The molecule has 2 fully saturated rings. The molecule has 4 nitrogen and oxygen atoms in total. The second-order valence-corrected chi connectivity index (χ2v) is 9.49. The fourth-order valence-corrected chi connectivity index (χ4v) is 5.17. The molecule has 4 rings (SSSR count). The number of benzene rings is 2. The summed E-state index contributed by atoms with van der Waals surface area (Å²) in [4.78, 5) is 9.60. The van der Waals surface area contributed by atoms with E-state index in [2.05, 4.69) is 48.5 Å². The summed E-state index contributed by atoms with van der Waals surface area (Å²) in [5, 5.41) is 0. The van der Waals surface area contributed by atoms with Crippen molar-refractivity contribution in [2.75, 3.05) is 14.2 Å². The van der Waals surface area contributed by atoms with Gasteiger partial charge in [-0.25, -0.2) is 9.98 Å². The third kappa shape index (κ3) is 6.69. The molecule has 2 aliphatic carbocycles. The Bertz CT molecular complexity index is 842. The van der Waals surface area contributed by atoms with Crippen LogP contribution in [0.3, 0.4) is 0 Å². The highest BCUT2D eigenvalue weighted by molar-refractivity contribution is 5.82. The molecule has 0 aromatic heterocycles. The number of nitrogens with zero attached hydrogens (tertiary/aromatic N) is 2. The van der Waals surface area contributed by atoms with E-state index in [-0.39, 0.29) is 0 Å². The first-order chi connectivity index (χ1) is 16.2. The van der Waals surface area contributed by atoms with Crippen LogP contribution in [-0.4, -0.2) is 26.0 Å². The van der Waals surface area contributed by atoms with Gasteiger partial charge in [0.05, 0.1) is 25.6 Å². The highest BCUT2D eigenvalue weighted by Gasteiger charge is 2.21. The Kier molecular flexibility index (Phi) is 8.57. The summed E-state index contributed by atoms with van der Waals surface area (Å²) in [6.07, 6.45) is 13.5. The van der Waals surface area contributed by atoms with Gasteiger partial charge in [-0.15, -0.1) is 0 Å². The van der Waals surface area contributed by atoms with E-state index in [4.69, 9.17) is 19.5 Å². The van der Waals surface area contributed by atoms with E-state index in [0.717, 1.165) is 29.6 Å². The predicted molar refractivity (Wildman–Crippen MR) is 137 cm³/mol.